The van der Waals surface area contributed by atoms with Crippen molar-refractivity contribution in [3.05, 3.63) is 22.7 Å². The molecule has 0 aliphatic heterocycles. The molecule has 0 N–H and O–H groups in total. The zero-order chi connectivity index (χ0) is 10.9. The van der Waals surface area contributed by atoms with Gasteiger partial charge >= 0.3 is 10.2 Å². The van der Waals surface area contributed by atoms with Gasteiger partial charge in [-0.3, -0.25) is 0 Å². The minimum atomic E-state index is -4.72. The summed E-state index contributed by atoms with van der Waals surface area (Å²) in [5, 5.41) is 0.0642. The first-order valence-electron chi connectivity index (χ1n) is 3.65. The molecule has 0 spiro atoms. The third-order valence-corrected chi connectivity index (χ3v) is 2.97. The molecular formula is C8H8ClFO3S. The number of hydrogen-bond donors (Lipinski definition) is 0. The Bertz CT molecular complexity index is 456. The minimum Gasteiger partial charge on any atom is -0.495 e. The highest BCUT2D eigenvalue weighted by Crippen LogP contribution is 2.30. The molecule has 78 valence electrons. The Morgan fingerprint density at radius 1 is 1.43 bits per heavy atom. The van der Waals surface area contributed by atoms with Gasteiger partial charge in [0.1, 0.15) is 10.6 Å². The van der Waals surface area contributed by atoms with Gasteiger partial charge in [0.15, 0.2) is 0 Å². The molecule has 0 saturated heterocycles. The van der Waals surface area contributed by atoms with Crippen molar-refractivity contribution >= 4 is 21.8 Å². The van der Waals surface area contributed by atoms with Crippen molar-refractivity contribution in [2.75, 3.05) is 7.11 Å². The van der Waals surface area contributed by atoms with Crippen molar-refractivity contribution in [3.63, 3.8) is 0 Å². The molecule has 0 atom stereocenters. The van der Waals surface area contributed by atoms with E-state index in [1.54, 1.807) is 0 Å². The number of hydrogen-bond acceptors (Lipinski definition) is 3. The maximum atomic E-state index is 12.7. The summed E-state index contributed by atoms with van der Waals surface area (Å²) < 4.78 is 38.8. The Balaban J connectivity index is 3.44. The van der Waals surface area contributed by atoms with Crippen molar-refractivity contribution in [2.45, 2.75) is 11.8 Å². The summed E-state index contributed by atoms with van der Waals surface area (Å²) in [5.41, 5.74) is 0.258. The normalized spacial score (nSPS) is 11.4. The van der Waals surface area contributed by atoms with Gasteiger partial charge in [-0.1, -0.05) is 11.6 Å². The van der Waals surface area contributed by atoms with Gasteiger partial charge in [-0.05, 0) is 24.6 Å². The number of methoxy groups -OCH3 is 1. The van der Waals surface area contributed by atoms with Gasteiger partial charge in [-0.25, -0.2) is 0 Å². The summed E-state index contributed by atoms with van der Waals surface area (Å²) in [7, 11) is -3.33. The molecule has 0 aliphatic carbocycles. The molecule has 0 bridgehead atoms. The van der Waals surface area contributed by atoms with E-state index in [-0.39, 0.29) is 10.6 Å². The molecule has 0 saturated carbocycles. The molecular weight excluding hydrogens is 231 g/mol. The fourth-order valence-electron chi connectivity index (χ4n) is 1.06. The van der Waals surface area contributed by atoms with Crippen molar-refractivity contribution in [2.24, 2.45) is 0 Å². The molecule has 0 aliphatic rings. The van der Waals surface area contributed by atoms with E-state index in [9.17, 15) is 12.3 Å². The number of aryl methyl sites for hydroxylation is 1. The van der Waals surface area contributed by atoms with E-state index in [2.05, 4.69) is 0 Å². The standard InChI is InChI=1S/C8H8ClFO3S/c1-5-3-7(13-2)6(9)4-8(5)14(10,11)12/h3-4H,1-2H3. The van der Waals surface area contributed by atoms with Crippen molar-refractivity contribution in [3.8, 4) is 5.75 Å². The van der Waals surface area contributed by atoms with Crippen molar-refractivity contribution in [1.82, 2.24) is 0 Å². The largest absolute Gasteiger partial charge is 0.495 e. The summed E-state index contributed by atoms with van der Waals surface area (Å²) in [6.07, 6.45) is 0. The van der Waals surface area contributed by atoms with Gasteiger partial charge < -0.3 is 4.74 Å². The van der Waals surface area contributed by atoms with Crippen LogP contribution < -0.4 is 4.74 Å². The van der Waals surface area contributed by atoms with Crippen LogP contribution in [0.25, 0.3) is 0 Å². The lowest BCUT2D eigenvalue weighted by molar-refractivity contribution is 0.414. The van der Waals surface area contributed by atoms with Gasteiger partial charge in [-0.15, -0.1) is 3.89 Å². The Morgan fingerprint density at radius 3 is 2.43 bits per heavy atom. The highest BCUT2D eigenvalue weighted by atomic mass is 35.5. The molecule has 1 aromatic carbocycles. The lowest BCUT2D eigenvalue weighted by Crippen LogP contribution is -1.97. The molecule has 1 aromatic rings. The van der Waals surface area contributed by atoms with Crippen molar-refractivity contribution in [1.29, 1.82) is 0 Å². The van der Waals surface area contributed by atoms with E-state index in [1.807, 2.05) is 0 Å². The number of halogens is 2. The second-order valence-electron chi connectivity index (χ2n) is 2.69. The first-order valence-corrected chi connectivity index (χ1v) is 5.41. The number of rotatable bonds is 2. The topological polar surface area (TPSA) is 43.4 Å². The predicted octanol–water partition coefficient (Wildman–Crippen LogP) is 2.32. The van der Waals surface area contributed by atoms with E-state index in [0.29, 0.717) is 5.75 Å². The maximum absolute atomic E-state index is 12.7. The molecule has 1 rings (SSSR count). The maximum Gasteiger partial charge on any atom is 0.332 e. The van der Waals surface area contributed by atoms with Gasteiger partial charge in [-0.2, -0.15) is 8.42 Å². The van der Waals surface area contributed by atoms with Crippen LogP contribution in [-0.4, -0.2) is 15.5 Å². The minimum absolute atomic E-state index is 0.0642. The third kappa shape index (κ3) is 2.16. The Kier molecular flexibility index (Phi) is 3.01. The van der Waals surface area contributed by atoms with Crippen LogP contribution in [0.1, 0.15) is 5.56 Å². The van der Waals surface area contributed by atoms with Gasteiger partial charge in [0.25, 0.3) is 0 Å². The van der Waals surface area contributed by atoms with Crippen LogP contribution >= 0.6 is 11.6 Å². The number of benzene rings is 1. The van der Waals surface area contributed by atoms with Gasteiger partial charge in [0, 0.05) is 0 Å². The molecule has 0 aromatic heterocycles. The monoisotopic (exact) mass is 238 g/mol. The Morgan fingerprint density at radius 2 is 2.00 bits per heavy atom. The van der Waals surface area contributed by atoms with Crippen LogP contribution in [-0.2, 0) is 10.2 Å². The molecule has 0 unspecified atom stereocenters. The van der Waals surface area contributed by atoms with E-state index in [0.717, 1.165) is 6.07 Å². The van der Waals surface area contributed by atoms with Crippen LogP contribution in [0.2, 0.25) is 5.02 Å². The van der Waals surface area contributed by atoms with Crippen LogP contribution in [0.5, 0.6) is 5.75 Å². The summed E-state index contributed by atoms with van der Waals surface area (Å²) in [5.74, 6) is 0.316. The smallest absolute Gasteiger partial charge is 0.332 e. The lowest BCUT2D eigenvalue weighted by Gasteiger charge is -2.06. The fourth-order valence-corrected chi connectivity index (χ4v) is 2.06. The van der Waals surface area contributed by atoms with E-state index in [4.69, 9.17) is 16.3 Å². The van der Waals surface area contributed by atoms with Gasteiger partial charge in [0.2, 0.25) is 0 Å². The predicted molar refractivity (Wildman–Crippen MR) is 51.0 cm³/mol. The summed E-state index contributed by atoms with van der Waals surface area (Å²) in [6.45, 7) is 1.46. The molecule has 0 heterocycles. The second kappa shape index (κ2) is 3.74. The first-order chi connectivity index (χ1) is 6.36. The zero-order valence-electron chi connectivity index (χ0n) is 7.54. The lowest BCUT2D eigenvalue weighted by atomic mass is 10.2. The third-order valence-electron chi connectivity index (χ3n) is 1.71. The Hall–Kier alpha value is -0.810. The van der Waals surface area contributed by atoms with E-state index < -0.39 is 15.1 Å². The number of ether oxygens (including phenoxy) is 1. The highest BCUT2D eigenvalue weighted by Gasteiger charge is 2.17. The molecule has 0 fully saturated rings. The van der Waals surface area contributed by atoms with Crippen molar-refractivity contribution < 1.29 is 17.0 Å². The van der Waals surface area contributed by atoms with Crippen LogP contribution in [0, 0.1) is 6.92 Å². The SMILES string of the molecule is COc1cc(C)c(S(=O)(=O)F)cc1Cl. The first kappa shape index (κ1) is 11.3. The average Bonchev–Trinajstić information content (AvgIpc) is 2.06. The molecule has 6 heteroatoms. The van der Waals surface area contributed by atoms with Gasteiger partial charge in [0.05, 0.1) is 12.1 Å². The van der Waals surface area contributed by atoms with E-state index >= 15 is 0 Å². The molecule has 3 nitrogen and oxygen atoms in total. The summed E-state index contributed by atoms with van der Waals surface area (Å²) >= 11 is 5.65. The fraction of sp³-hybridized carbons (Fsp3) is 0.250. The van der Waals surface area contributed by atoms with Crippen LogP contribution in [0.15, 0.2) is 17.0 Å². The zero-order valence-corrected chi connectivity index (χ0v) is 9.12. The average molecular weight is 239 g/mol. The van der Waals surface area contributed by atoms with Crippen LogP contribution in [0.4, 0.5) is 3.89 Å². The molecule has 14 heavy (non-hydrogen) atoms. The second-order valence-corrected chi connectivity index (χ2v) is 4.41. The van der Waals surface area contributed by atoms with E-state index in [1.165, 1.54) is 20.1 Å². The molecule has 0 radical (unpaired) electrons. The quantitative estimate of drug-likeness (QED) is 0.743. The van der Waals surface area contributed by atoms with Crippen LogP contribution in [0.3, 0.4) is 0 Å². The highest BCUT2D eigenvalue weighted by molar-refractivity contribution is 7.86. The Labute approximate surface area is 86.7 Å². The summed E-state index contributed by atoms with van der Waals surface area (Å²) in [4.78, 5) is -0.428. The summed E-state index contributed by atoms with van der Waals surface area (Å²) in [6, 6.07) is 2.40. The molecule has 0 amide bonds.